The fourth-order valence-corrected chi connectivity index (χ4v) is 2.59. The minimum Gasteiger partial charge on any atom is -0.497 e. The Bertz CT molecular complexity index is 485. The number of methoxy groups -OCH3 is 1. The minimum atomic E-state index is -4.35. The number of rotatable bonds is 3. The quantitative estimate of drug-likeness (QED) is 0.858. The molecular formula is C15H18F3NO2. The number of halogens is 3. The first-order valence-corrected chi connectivity index (χ1v) is 6.91. The summed E-state index contributed by atoms with van der Waals surface area (Å²) in [6, 6.07) is 5.14. The molecule has 0 N–H and O–H groups in total. The summed E-state index contributed by atoms with van der Waals surface area (Å²) in [5.74, 6) is 0.180. The zero-order valence-electron chi connectivity index (χ0n) is 11.8. The largest absolute Gasteiger partial charge is 0.497 e. The highest BCUT2D eigenvalue weighted by Crippen LogP contribution is 2.32. The number of carbonyl (C=O) groups is 1. The Morgan fingerprint density at radius 3 is 2.52 bits per heavy atom. The van der Waals surface area contributed by atoms with Crippen molar-refractivity contribution < 1.29 is 22.7 Å². The van der Waals surface area contributed by atoms with E-state index in [1.54, 1.807) is 24.3 Å². The number of alkyl halides is 3. The van der Waals surface area contributed by atoms with Crippen LogP contribution in [-0.2, 0) is 11.2 Å². The Hall–Kier alpha value is -1.72. The van der Waals surface area contributed by atoms with Crippen LogP contribution < -0.4 is 4.74 Å². The number of piperidine rings is 1. The monoisotopic (exact) mass is 301 g/mol. The van der Waals surface area contributed by atoms with E-state index in [1.165, 1.54) is 7.11 Å². The summed E-state index contributed by atoms with van der Waals surface area (Å²) < 4.78 is 43.9. The van der Waals surface area contributed by atoms with Crippen LogP contribution in [0.2, 0.25) is 0 Å². The first-order chi connectivity index (χ1) is 9.91. The molecule has 1 aliphatic rings. The van der Waals surface area contributed by atoms with Crippen molar-refractivity contribution in [2.75, 3.05) is 13.7 Å². The van der Waals surface area contributed by atoms with Gasteiger partial charge in [-0.15, -0.1) is 0 Å². The third kappa shape index (κ3) is 3.89. The summed E-state index contributed by atoms with van der Waals surface area (Å²) in [7, 11) is 1.53. The number of ether oxygens (including phenoxy) is 1. The van der Waals surface area contributed by atoms with Gasteiger partial charge in [0.1, 0.15) is 11.8 Å². The molecule has 1 aromatic rings. The smallest absolute Gasteiger partial charge is 0.408 e. The van der Waals surface area contributed by atoms with Crippen molar-refractivity contribution in [3.63, 3.8) is 0 Å². The molecule has 1 saturated heterocycles. The summed E-state index contributed by atoms with van der Waals surface area (Å²) >= 11 is 0. The maximum atomic E-state index is 13.0. The first-order valence-electron chi connectivity index (χ1n) is 6.91. The van der Waals surface area contributed by atoms with Gasteiger partial charge in [0.25, 0.3) is 0 Å². The van der Waals surface area contributed by atoms with E-state index in [2.05, 4.69) is 0 Å². The van der Waals surface area contributed by atoms with Crippen LogP contribution in [0.3, 0.4) is 0 Å². The van der Waals surface area contributed by atoms with Gasteiger partial charge in [0, 0.05) is 6.54 Å². The van der Waals surface area contributed by atoms with E-state index >= 15 is 0 Å². The highest BCUT2D eigenvalue weighted by atomic mass is 19.4. The molecule has 3 nitrogen and oxygen atoms in total. The maximum absolute atomic E-state index is 13.0. The molecule has 0 spiro atoms. The molecule has 1 amide bonds. The van der Waals surface area contributed by atoms with Gasteiger partial charge in [0.2, 0.25) is 5.91 Å². The molecule has 1 unspecified atom stereocenters. The van der Waals surface area contributed by atoms with Gasteiger partial charge in [-0.05, 0) is 37.0 Å². The van der Waals surface area contributed by atoms with Crippen LogP contribution >= 0.6 is 0 Å². The molecule has 0 aliphatic carbocycles. The lowest BCUT2D eigenvalue weighted by Gasteiger charge is -2.36. The van der Waals surface area contributed by atoms with Crippen LogP contribution in [0.4, 0.5) is 13.2 Å². The van der Waals surface area contributed by atoms with Gasteiger partial charge in [-0.1, -0.05) is 12.1 Å². The predicted molar refractivity (Wildman–Crippen MR) is 72.1 cm³/mol. The fourth-order valence-electron chi connectivity index (χ4n) is 2.59. The highest BCUT2D eigenvalue weighted by Gasteiger charge is 2.45. The van der Waals surface area contributed by atoms with Gasteiger partial charge in [-0.25, -0.2) is 0 Å². The average Bonchev–Trinajstić information content (AvgIpc) is 2.47. The average molecular weight is 301 g/mol. The van der Waals surface area contributed by atoms with Crippen molar-refractivity contribution in [2.45, 2.75) is 37.9 Å². The van der Waals surface area contributed by atoms with Crippen LogP contribution in [0.15, 0.2) is 24.3 Å². The second kappa shape index (κ2) is 6.37. The van der Waals surface area contributed by atoms with Crippen molar-refractivity contribution >= 4 is 5.91 Å². The molecule has 6 heteroatoms. The number of hydrogen-bond acceptors (Lipinski definition) is 2. The minimum absolute atomic E-state index is 0.00213. The second-order valence-electron chi connectivity index (χ2n) is 5.17. The first kappa shape index (κ1) is 15.7. The Balaban J connectivity index is 2.06. The Morgan fingerprint density at radius 2 is 1.95 bits per heavy atom. The van der Waals surface area contributed by atoms with Gasteiger partial charge < -0.3 is 9.64 Å². The van der Waals surface area contributed by atoms with Crippen LogP contribution in [0.25, 0.3) is 0 Å². The van der Waals surface area contributed by atoms with Crippen molar-refractivity contribution in [3.8, 4) is 5.75 Å². The summed E-state index contributed by atoms with van der Waals surface area (Å²) in [5.41, 5.74) is 0.687. The number of hydrogen-bond donors (Lipinski definition) is 0. The normalized spacial score (nSPS) is 19.4. The number of nitrogens with zero attached hydrogens (tertiary/aromatic N) is 1. The molecule has 0 radical (unpaired) electrons. The summed E-state index contributed by atoms with van der Waals surface area (Å²) in [6.45, 7) is 0.180. The number of amides is 1. The van der Waals surface area contributed by atoms with Gasteiger partial charge in [0.05, 0.1) is 13.5 Å². The second-order valence-corrected chi connectivity index (χ2v) is 5.17. The number of benzene rings is 1. The third-order valence-electron chi connectivity index (χ3n) is 3.72. The van der Waals surface area contributed by atoms with Crippen LogP contribution in [-0.4, -0.2) is 36.7 Å². The molecule has 1 heterocycles. The molecule has 116 valence electrons. The Morgan fingerprint density at radius 1 is 1.29 bits per heavy atom. The van der Waals surface area contributed by atoms with Gasteiger partial charge >= 0.3 is 6.18 Å². The van der Waals surface area contributed by atoms with Crippen molar-refractivity contribution in [2.24, 2.45) is 0 Å². The zero-order chi connectivity index (χ0) is 15.5. The summed E-state index contributed by atoms with van der Waals surface area (Å²) in [4.78, 5) is 13.2. The molecule has 1 atom stereocenters. The van der Waals surface area contributed by atoms with Gasteiger partial charge in [-0.3, -0.25) is 4.79 Å². The van der Waals surface area contributed by atoms with E-state index in [1.807, 2.05) is 0 Å². The van der Waals surface area contributed by atoms with Crippen LogP contribution in [0.1, 0.15) is 24.8 Å². The fraction of sp³-hybridized carbons (Fsp3) is 0.533. The molecule has 21 heavy (non-hydrogen) atoms. The van der Waals surface area contributed by atoms with E-state index < -0.39 is 18.1 Å². The van der Waals surface area contributed by atoms with Gasteiger partial charge in [0.15, 0.2) is 0 Å². The summed E-state index contributed by atoms with van der Waals surface area (Å²) in [6.07, 6.45) is -3.23. The maximum Gasteiger partial charge on any atom is 0.408 e. The molecule has 1 aliphatic heterocycles. The van der Waals surface area contributed by atoms with E-state index in [0.717, 1.165) is 4.90 Å². The lowest BCUT2D eigenvalue weighted by Crippen LogP contribution is -2.51. The standard InChI is InChI=1S/C15H18F3NO2/c1-21-12-7-5-11(6-8-12)10-14(20)19-9-3-2-4-13(19)15(16,17)18/h5-8,13H,2-4,9-10H2,1H3. The third-order valence-corrected chi connectivity index (χ3v) is 3.72. The van der Waals surface area contributed by atoms with E-state index in [4.69, 9.17) is 4.74 Å². The highest BCUT2D eigenvalue weighted by molar-refractivity contribution is 5.79. The van der Waals surface area contributed by atoms with Crippen LogP contribution in [0, 0.1) is 0 Å². The SMILES string of the molecule is COc1ccc(CC(=O)N2CCCCC2C(F)(F)F)cc1. The lowest BCUT2D eigenvalue weighted by molar-refractivity contribution is -0.195. The Labute approximate surface area is 121 Å². The molecule has 0 saturated carbocycles. The van der Waals surface area contributed by atoms with E-state index in [9.17, 15) is 18.0 Å². The van der Waals surface area contributed by atoms with Crippen LogP contribution in [0.5, 0.6) is 5.75 Å². The molecular weight excluding hydrogens is 283 g/mol. The molecule has 0 bridgehead atoms. The molecule has 2 rings (SSSR count). The zero-order valence-corrected chi connectivity index (χ0v) is 11.8. The topological polar surface area (TPSA) is 29.5 Å². The molecule has 0 aromatic heterocycles. The predicted octanol–water partition coefficient (Wildman–Crippen LogP) is 3.18. The molecule has 1 aromatic carbocycles. The summed E-state index contributed by atoms with van der Waals surface area (Å²) in [5, 5.41) is 0. The molecule has 1 fully saturated rings. The van der Waals surface area contributed by atoms with Crippen molar-refractivity contribution in [1.82, 2.24) is 4.90 Å². The van der Waals surface area contributed by atoms with Gasteiger partial charge in [-0.2, -0.15) is 13.2 Å². The lowest BCUT2D eigenvalue weighted by atomic mass is 10.0. The number of carbonyl (C=O) groups excluding carboxylic acids is 1. The Kier molecular flexibility index (Phi) is 4.75. The number of likely N-dealkylation sites (tertiary alicyclic amines) is 1. The van der Waals surface area contributed by atoms with E-state index in [0.29, 0.717) is 24.2 Å². The van der Waals surface area contributed by atoms with Crippen molar-refractivity contribution in [3.05, 3.63) is 29.8 Å². The van der Waals surface area contributed by atoms with Crippen molar-refractivity contribution in [1.29, 1.82) is 0 Å². The van der Waals surface area contributed by atoms with E-state index in [-0.39, 0.29) is 19.4 Å².